The van der Waals surface area contributed by atoms with Gasteiger partial charge in [-0.1, -0.05) is 19.9 Å². The summed E-state index contributed by atoms with van der Waals surface area (Å²) < 4.78 is 33.0. The molecule has 1 aliphatic rings. The van der Waals surface area contributed by atoms with Gasteiger partial charge < -0.3 is 4.42 Å². The van der Waals surface area contributed by atoms with Gasteiger partial charge in [-0.05, 0) is 25.3 Å². The van der Waals surface area contributed by atoms with Crippen molar-refractivity contribution in [3.05, 3.63) is 45.7 Å². The number of piperidine rings is 1. The second-order valence-corrected chi connectivity index (χ2v) is 8.92. The maximum atomic E-state index is 13.0. The molecule has 1 aromatic heterocycles. The summed E-state index contributed by atoms with van der Waals surface area (Å²) in [5.41, 5.74) is 0.252. The van der Waals surface area contributed by atoms with Gasteiger partial charge in [-0.2, -0.15) is 4.31 Å². The number of aromatic nitrogens is 2. The van der Waals surface area contributed by atoms with E-state index in [1.54, 1.807) is 6.92 Å². The number of hydrogen-bond donors (Lipinski definition) is 0. The molecular formula is C17H22N4O5S. The maximum Gasteiger partial charge on any atom is 0.270 e. The van der Waals surface area contributed by atoms with Gasteiger partial charge in [-0.25, -0.2) is 8.42 Å². The zero-order valence-corrected chi connectivity index (χ0v) is 16.3. The van der Waals surface area contributed by atoms with Gasteiger partial charge in [-0.15, -0.1) is 10.2 Å². The maximum absolute atomic E-state index is 13.0. The van der Waals surface area contributed by atoms with Crippen LogP contribution in [0.25, 0.3) is 0 Å². The average Bonchev–Trinajstić information content (AvgIpc) is 3.12. The van der Waals surface area contributed by atoms with Gasteiger partial charge in [-0.3, -0.25) is 10.1 Å². The Kier molecular flexibility index (Phi) is 5.29. The fourth-order valence-corrected chi connectivity index (χ4v) is 4.82. The van der Waals surface area contributed by atoms with Crippen molar-refractivity contribution in [1.29, 1.82) is 0 Å². The molecule has 0 saturated carbocycles. The predicted octanol–water partition coefficient (Wildman–Crippen LogP) is 2.98. The molecule has 0 bridgehead atoms. The third-order valence-electron chi connectivity index (χ3n) is 4.75. The number of rotatable bonds is 5. The van der Waals surface area contributed by atoms with Gasteiger partial charge in [0.05, 0.1) is 9.82 Å². The van der Waals surface area contributed by atoms with Crippen molar-refractivity contribution in [2.75, 3.05) is 13.1 Å². The van der Waals surface area contributed by atoms with Crippen molar-refractivity contribution >= 4 is 15.7 Å². The molecule has 2 aromatic rings. The molecule has 0 atom stereocenters. The van der Waals surface area contributed by atoms with Gasteiger partial charge in [0.15, 0.2) is 0 Å². The molecule has 0 aliphatic carbocycles. The van der Waals surface area contributed by atoms with Crippen molar-refractivity contribution in [3.8, 4) is 0 Å². The first kappa shape index (κ1) is 19.4. The van der Waals surface area contributed by atoms with E-state index in [1.807, 2.05) is 13.8 Å². The van der Waals surface area contributed by atoms with Crippen LogP contribution < -0.4 is 0 Å². The molecule has 0 spiro atoms. The van der Waals surface area contributed by atoms with Crippen molar-refractivity contribution in [1.82, 2.24) is 14.5 Å². The molecule has 10 heteroatoms. The molecule has 0 N–H and O–H groups in total. The largest absolute Gasteiger partial charge is 0.425 e. The lowest BCUT2D eigenvalue weighted by Crippen LogP contribution is -2.38. The fraction of sp³-hybridized carbons (Fsp3) is 0.529. The molecule has 0 radical (unpaired) electrons. The third-order valence-corrected chi connectivity index (χ3v) is 6.79. The minimum atomic E-state index is -3.80. The molecule has 2 heterocycles. The summed E-state index contributed by atoms with van der Waals surface area (Å²) >= 11 is 0. The number of non-ortho nitro benzene ring substituents is 1. The van der Waals surface area contributed by atoms with Crippen LogP contribution in [0, 0.1) is 17.0 Å². The molecule has 0 amide bonds. The Balaban J connectivity index is 1.76. The van der Waals surface area contributed by atoms with Crippen molar-refractivity contribution in [3.63, 3.8) is 0 Å². The highest BCUT2D eigenvalue weighted by Crippen LogP contribution is 2.32. The Labute approximate surface area is 157 Å². The van der Waals surface area contributed by atoms with Crippen LogP contribution in [0.3, 0.4) is 0 Å². The van der Waals surface area contributed by atoms with Crippen LogP contribution in [0.4, 0.5) is 5.69 Å². The van der Waals surface area contributed by atoms with E-state index < -0.39 is 14.9 Å². The first-order valence-electron chi connectivity index (χ1n) is 8.78. The minimum Gasteiger partial charge on any atom is -0.425 e. The van der Waals surface area contributed by atoms with E-state index in [1.165, 1.54) is 16.4 Å². The van der Waals surface area contributed by atoms with Crippen molar-refractivity contribution in [2.45, 2.75) is 50.3 Å². The van der Waals surface area contributed by atoms with E-state index in [9.17, 15) is 18.5 Å². The van der Waals surface area contributed by atoms with Crippen LogP contribution in [-0.4, -0.2) is 40.9 Å². The minimum absolute atomic E-state index is 0.0163. The van der Waals surface area contributed by atoms with Gasteiger partial charge >= 0.3 is 0 Å². The molecule has 0 unspecified atom stereocenters. The number of benzene rings is 1. The van der Waals surface area contributed by atoms with E-state index in [-0.39, 0.29) is 22.4 Å². The topological polar surface area (TPSA) is 119 Å². The number of nitro groups is 1. The standard InChI is InChI=1S/C17H22N4O5S/c1-11(2)16-18-19-17(26-16)13-6-8-20(9-7-13)27(24,25)15-10-14(21(22)23)5-4-12(15)3/h4-5,10-11,13H,6-9H2,1-3H3. The van der Waals surface area contributed by atoms with Crippen LogP contribution in [0.5, 0.6) is 0 Å². The monoisotopic (exact) mass is 394 g/mol. The van der Waals surface area contributed by atoms with Gasteiger partial charge in [0.25, 0.3) is 5.69 Å². The quantitative estimate of drug-likeness (QED) is 0.565. The van der Waals surface area contributed by atoms with E-state index >= 15 is 0 Å². The van der Waals surface area contributed by atoms with Gasteiger partial charge in [0, 0.05) is 37.1 Å². The fourth-order valence-electron chi connectivity index (χ4n) is 3.11. The van der Waals surface area contributed by atoms with Gasteiger partial charge in [0.1, 0.15) is 0 Å². The summed E-state index contributed by atoms with van der Waals surface area (Å²) in [5.74, 6) is 1.28. The zero-order chi connectivity index (χ0) is 19.8. The molecule has 1 aliphatic heterocycles. The number of hydrogen-bond acceptors (Lipinski definition) is 7. The summed E-state index contributed by atoms with van der Waals surface area (Å²) in [6.45, 7) is 6.17. The van der Waals surface area contributed by atoms with Crippen molar-refractivity contribution in [2.24, 2.45) is 0 Å². The average molecular weight is 394 g/mol. The van der Waals surface area contributed by atoms with E-state index in [0.29, 0.717) is 43.3 Å². The number of aryl methyl sites for hydroxylation is 1. The molecule has 3 rings (SSSR count). The molecule has 1 fully saturated rings. The van der Waals surface area contributed by atoms with Crippen LogP contribution in [0.15, 0.2) is 27.5 Å². The summed E-state index contributed by atoms with van der Waals surface area (Å²) in [6.07, 6.45) is 1.12. The third kappa shape index (κ3) is 3.86. The summed E-state index contributed by atoms with van der Waals surface area (Å²) in [7, 11) is -3.80. The van der Waals surface area contributed by atoms with E-state index in [2.05, 4.69) is 10.2 Å². The molecule has 27 heavy (non-hydrogen) atoms. The Morgan fingerprint density at radius 2 is 1.93 bits per heavy atom. The predicted molar refractivity (Wildman–Crippen MR) is 97.0 cm³/mol. The molecular weight excluding hydrogens is 372 g/mol. The first-order valence-corrected chi connectivity index (χ1v) is 10.2. The Bertz CT molecular complexity index is 946. The second kappa shape index (κ2) is 7.35. The summed E-state index contributed by atoms with van der Waals surface area (Å²) in [5, 5.41) is 19.1. The number of nitrogens with zero attached hydrogens (tertiary/aromatic N) is 4. The van der Waals surface area contributed by atoms with Crippen LogP contribution in [-0.2, 0) is 10.0 Å². The Hall–Kier alpha value is -2.33. The van der Waals surface area contributed by atoms with Crippen LogP contribution in [0.1, 0.15) is 55.9 Å². The van der Waals surface area contributed by atoms with Crippen LogP contribution >= 0.6 is 0 Å². The second-order valence-electron chi connectivity index (χ2n) is 7.02. The van der Waals surface area contributed by atoms with E-state index in [4.69, 9.17) is 4.42 Å². The zero-order valence-electron chi connectivity index (χ0n) is 15.5. The molecule has 146 valence electrons. The lowest BCUT2D eigenvalue weighted by Gasteiger charge is -2.30. The number of sulfonamides is 1. The highest BCUT2D eigenvalue weighted by Gasteiger charge is 2.33. The van der Waals surface area contributed by atoms with Gasteiger partial charge in [0.2, 0.25) is 21.8 Å². The molecule has 9 nitrogen and oxygen atoms in total. The lowest BCUT2D eigenvalue weighted by atomic mass is 9.98. The van der Waals surface area contributed by atoms with Crippen LogP contribution in [0.2, 0.25) is 0 Å². The van der Waals surface area contributed by atoms with Crippen molar-refractivity contribution < 1.29 is 17.8 Å². The lowest BCUT2D eigenvalue weighted by molar-refractivity contribution is -0.385. The van der Waals surface area contributed by atoms with E-state index in [0.717, 1.165) is 6.07 Å². The molecule has 1 saturated heterocycles. The highest BCUT2D eigenvalue weighted by molar-refractivity contribution is 7.89. The first-order chi connectivity index (χ1) is 12.7. The normalized spacial score (nSPS) is 16.7. The summed E-state index contributed by atoms with van der Waals surface area (Å²) in [4.78, 5) is 10.4. The SMILES string of the molecule is Cc1ccc([N+](=O)[O-])cc1S(=O)(=O)N1CCC(c2nnc(C(C)C)o2)CC1. The number of nitro benzene ring substituents is 1. The molecule has 1 aromatic carbocycles. The highest BCUT2D eigenvalue weighted by atomic mass is 32.2. The smallest absolute Gasteiger partial charge is 0.270 e. The summed E-state index contributed by atoms with van der Waals surface area (Å²) in [6, 6.07) is 3.90. The Morgan fingerprint density at radius 3 is 2.48 bits per heavy atom. The Morgan fingerprint density at radius 1 is 1.26 bits per heavy atom.